The Kier molecular flexibility index (Phi) is 4.80. The van der Waals surface area contributed by atoms with Gasteiger partial charge >= 0.3 is 0 Å². The number of Topliss-reactive ketones (excluding diaryl/α,β-unsaturated/α-hetero) is 1. The minimum atomic E-state index is -1.75. The van der Waals surface area contributed by atoms with Crippen molar-refractivity contribution in [3.05, 3.63) is 107 Å². The molecule has 0 saturated carbocycles. The molecule has 0 spiro atoms. The van der Waals surface area contributed by atoms with Crippen molar-refractivity contribution in [2.24, 2.45) is 5.41 Å². The molecule has 4 nitrogen and oxygen atoms in total. The van der Waals surface area contributed by atoms with Gasteiger partial charge in [0.05, 0.1) is 18.2 Å². The average Bonchev–Trinajstić information content (AvgIpc) is 3.14. The SMILES string of the molecule is N#CC1(C#N)[C@@H](c2ccccc2F)[C@H](C(=O)c2ccccc2)N2c3ccc(F)cc3C=C[C@@H]21. The third kappa shape index (κ3) is 2.96. The molecular formula is C27H17F2N3O. The second kappa shape index (κ2) is 7.69. The van der Waals surface area contributed by atoms with Crippen molar-refractivity contribution in [2.45, 2.75) is 18.0 Å². The van der Waals surface area contributed by atoms with Crippen molar-refractivity contribution in [1.29, 1.82) is 10.5 Å². The van der Waals surface area contributed by atoms with Crippen LogP contribution in [-0.2, 0) is 0 Å². The highest BCUT2D eigenvalue weighted by atomic mass is 19.1. The van der Waals surface area contributed by atoms with Crippen LogP contribution in [-0.4, -0.2) is 17.9 Å². The Morgan fingerprint density at radius 1 is 0.939 bits per heavy atom. The molecule has 2 aliphatic heterocycles. The van der Waals surface area contributed by atoms with Crippen LogP contribution in [0, 0.1) is 39.7 Å². The second-order valence-electron chi connectivity index (χ2n) is 8.18. The molecule has 0 amide bonds. The standard InChI is InChI=1S/C27H17F2N3O/c28-19-11-12-22-18(14-19)10-13-23-27(15-30,16-31)24(20-8-4-5-9-21(20)29)25(32(22)23)26(33)17-6-2-1-3-7-17/h1-14,23-25H/t23-,24+,25-/m1/s1. The Morgan fingerprint density at radius 3 is 2.33 bits per heavy atom. The molecule has 0 aromatic heterocycles. The van der Waals surface area contributed by atoms with Gasteiger partial charge in [-0.25, -0.2) is 8.78 Å². The number of anilines is 1. The van der Waals surface area contributed by atoms with Crippen molar-refractivity contribution in [2.75, 3.05) is 4.90 Å². The van der Waals surface area contributed by atoms with E-state index in [0.717, 1.165) is 0 Å². The maximum absolute atomic E-state index is 15.1. The molecule has 33 heavy (non-hydrogen) atoms. The van der Waals surface area contributed by atoms with Crippen LogP contribution in [0.4, 0.5) is 14.5 Å². The van der Waals surface area contributed by atoms with Crippen LogP contribution < -0.4 is 4.90 Å². The normalized spacial score (nSPS) is 22.1. The fourth-order valence-electron chi connectivity index (χ4n) is 5.11. The number of rotatable bonds is 3. The predicted molar refractivity (Wildman–Crippen MR) is 119 cm³/mol. The quantitative estimate of drug-likeness (QED) is 0.525. The van der Waals surface area contributed by atoms with Gasteiger partial charge in [0.2, 0.25) is 0 Å². The lowest BCUT2D eigenvalue weighted by Gasteiger charge is -2.35. The van der Waals surface area contributed by atoms with Crippen LogP contribution in [0.5, 0.6) is 0 Å². The minimum absolute atomic E-state index is 0.126. The molecule has 2 heterocycles. The fraction of sp³-hybridized carbons (Fsp3) is 0.148. The van der Waals surface area contributed by atoms with Crippen molar-refractivity contribution in [3.8, 4) is 12.1 Å². The van der Waals surface area contributed by atoms with Gasteiger partial charge < -0.3 is 4.90 Å². The molecule has 1 saturated heterocycles. The van der Waals surface area contributed by atoms with E-state index in [-0.39, 0.29) is 11.3 Å². The van der Waals surface area contributed by atoms with Gasteiger partial charge in [0.15, 0.2) is 11.2 Å². The molecule has 0 aliphatic carbocycles. The Balaban J connectivity index is 1.81. The molecule has 3 aromatic carbocycles. The summed E-state index contributed by atoms with van der Waals surface area (Å²) < 4.78 is 29.1. The number of hydrogen-bond acceptors (Lipinski definition) is 4. The number of fused-ring (bicyclic) bond motifs is 3. The largest absolute Gasteiger partial charge is 0.351 e. The zero-order valence-electron chi connectivity index (χ0n) is 17.3. The molecule has 3 aromatic rings. The van der Waals surface area contributed by atoms with E-state index in [2.05, 4.69) is 12.1 Å². The first-order chi connectivity index (χ1) is 16.0. The summed E-state index contributed by atoms with van der Waals surface area (Å²) in [7, 11) is 0. The first-order valence-corrected chi connectivity index (χ1v) is 10.4. The highest BCUT2D eigenvalue weighted by molar-refractivity contribution is 6.04. The van der Waals surface area contributed by atoms with Gasteiger partial charge in [-0.2, -0.15) is 10.5 Å². The summed E-state index contributed by atoms with van der Waals surface area (Å²) in [5.74, 6) is -2.45. The zero-order chi connectivity index (χ0) is 23.2. The van der Waals surface area contributed by atoms with Gasteiger partial charge in [-0.3, -0.25) is 4.79 Å². The second-order valence-corrected chi connectivity index (χ2v) is 8.18. The zero-order valence-corrected chi connectivity index (χ0v) is 17.3. The van der Waals surface area contributed by atoms with Crippen LogP contribution in [0.2, 0.25) is 0 Å². The molecule has 2 aliphatic rings. The third-order valence-corrected chi connectivity index (χ3v) is 6.54. The maximum Gasteiger partial charge on any atom is 0.185 e. The maximum atomic E-state index is 15.1. The van der Waals surface area contributed by atoms with Crippen LogP contribution in [0.1, 0.15) is 27.4 Å². The van der Waals surface area contributed by atoms with Gasteiger partial charge in [-0.15, -0.1) is 0 Å². The summed E-state index contributed by atoms with van der Waals surface area (Å²) in [6.07, 6.45) is 3.29. The molecule has 5 rings (SSSR count). The van der Waals surface area contributed by atoms with E-state index in [9.17, 15) is 19.7 Å². The van der Waals surface area contributed by atoms with E-state index in [0.29, 0.717) is 16.8 Å². The van der Waals surface area contributed by atoms with Gasteiger partial charge in [-0.1, -0.05) is 60.7 Å². The fourth-order valence-corrected chi connectivity index (χ4v) is 5.11. The summed E-state index contributed by atoms with van der Waals surface area (Å²) in [6, 6.07) is 21.0. The lowest BCUT2D eigenvalue weighted by molar-refractivity contribution is 0.0950. The minimum Gasteiger partial charge on any atom is -0.351 e. The number of carbonyl (C=O) groups is 1. The Labute approximate surface area is 189 Å². The van der Waals surface area contributed by atoms with Crippen molar-refractivity contribution in [3.63, 3.8) is 0 Å². The first-order valence-electron chi connectivity index (χ1n) is 10.4. The summed E-state index contributed by atoms with van der Waals surface area (Å²) in [5, 5.41) is 20.6. The monoisotopic (exact) mass is 437 g/mol. The van der Waals surface area contributed by atoms with E-state index in [1.54, 1.807) is 53.5 Å². The van der Waals surface area contributed by atoms with E-state index in [1.165, 1.54) is 36.4 Å². The molecule has 6 heteroatoms. The van der Waals surface area contributed by atoms with E-state index in [4.69, 9.17) is 0 Å². The van der Waals surface area contributed by atoms with Crippen LogP contribution in [0.3, 0.4) is 0 Å². The first kappa shape index (κ1) is 20.6. The molecule has 0 N–H and O–H groups in total. The summed E-state index contributed by atoms with van der Waals surface area (Å²) in [5.41, 5.74) is -0.198. The number of hydrogen-bond donors (Lipinski definition) is 0. The number of nitriles is 2. The average molecular weight is 437 g/mol. The highest BCUT2D eigenvalue weighted by Gasteiger charge is 2.63. The highest BCUT2D eigenvalue weighted by Crippen LogP contribution is 2.55. The summed E-state index contributed by atoms with van der Waals surface area (Å²) in [4.78, 5) is 15.6. The Morgan fingerprint density at radius 2 is 1.64 bits per heavy atom. The smallest absolute Gasteiger partial charge is 0.185 e. The molecule has 0 bridgehead atoms. The van der Waals surface area contributed by atoms with Gasteiger partial charge in [0, 0.05) is 22.7 Å². The lowest BCUT2D eigenvalue weighted by Crippen LogP contribution is -2.44. The van der Waals surface area contributed by atoms with Gasteiger partial charge in [0.1, 0.15) is 17.7 Å². The Hall–Kier alpha value is -4.29. The van der Waals surface area contributed by atoms with Gasteiger partial charge in [0.25, 0.3) is 0 Å². The number of halogens is 2. The number of nitrogens with zero attached hydrogens (tertiary/aromatic N) is 3. The molecule has 0 radical (unpaired) electrons. The van der Waals surface area contributed by atoms with E-state index in [1.807, 2.05) is 0 Å². The van der Waals surface area contributed by atoms with Crippen LogP contribution >= 0.6 is 0 Å². The molecule has 3 atom stereocenters. The number of benzene rings is 3. The third-order valence-electron chi connectivity index (χ3n) is 6.54. The van der Waals surface area contributed by atoms with E-state index < -0.39 is 35.1 Å². The Bertz CT molecular complexity index is 1360. The number of ketones is 1. The van der Waals surface area contributed by atoms with Crippen LogP contribution in [0.25, 0.3) is 6.08 Å². The molecule has 0 unspecified atom stereocenters. The van der Waals surface area contributed by atoms with Crippen molar-refractivity contribution in [1.82, 2.24) is 0 Å². The van der Waals surface area contributed by atoms with Crippen molar-refractivity contribution < 1.29 is 13.6 Å². The van der Waals surface area contributed by atoms with E-state index >= 15 is 4.39 Å². The molecule has 160 valence electrons. The molecular weight excluding hydrogens is 420 g/mol. The summed E-state index contributed by atoms with van der Waals surface area (Å²) in [6.45, 7) is 0. The lowest BCUT2D eigenvalue weighted by atomic mass is 9.69. The van der Waals surface area contributed by atoms with Crippen molar-refractivity contribution >= 4 is 17.5 Å². The topological polar surface area (TPSA) is 67.9 Å². The van der Waals surface area contributed by atoms with Crippen LogP contribution in [0.15, 0.2) is 78.9 Å². The van der Waals surface area contributed by atoms with Gasteiger partial charge in [-0.05, 0) is 29.8 Å². The summed E-state index contributed by atoms with van der Waals surface area (Å²) >= 11 is 0. The molecule has 1 fully saturated rings. The predicted octanol–water partition coefficient (Wildman–Crippen LogP) is 5.25. The number of carbonyl (C=O) groups excluding carboxylic acids is 1.